The fourth-order valence-electron chi connectivity index (χ4n) is 3.67. The van der Waals surface area contributed by atoms with Gasteiger partial charge in [0.05, 0.1) is 6.04 Å². The number of benzene rings is 2. The highest BCUT2D eigenvalue weighted by atomic mass is 35.5. The van der Waals surface area contributed by atoms with Gasteiger partial charge in [-0.15, -0.1) is 0 Å². The Kier molecular flexibility index (Phi) is 5.43. The molecule has 0 radical (unpaired) electrons. The van der Waals surface area contributed by atoms with E-state index in [-0.39, 0.29) is 17.9 Å². The van der Waals surface area contributed by atoms with E-state index >= 15 is 0 Å². The van der Waals surface area contributed by atoms with Crippen molar-refractivity contribution in [1.29, 1.82) is 0 Å². The molecule has 0 saturated heterocycles. The van der Waals surface area contributed by atoms with Crippen LogP contribution in [0.2, 0.25) is 5.02 Å². The van der Waals surface area contributed by atoms with Gasteiger partial charge in [-0.05, 0) is 48.7 Å². The number of anilines is 2. The zero-order chi connectivity index (χ0) is 22.3. The molecule has 2 heterocycles. The number of nitrogens with zero attached hydrogens (tertiary/aromatic N) is 2. The molecular weight excluding hydrogens is 429 g/mol. The Bertz CT molecular complexity index is 1120. The van der Waals surface area contributed by atoms with Crippen LogP contribution >= 0.6 is 11.6 Å². The van der Waals surface area contributed by atoms with E-state index in [1.54, 1.807) is 36.4 Å². The lowest BCUT2D eigenvalue weighted by Gasteiger charge is -2.33. The van der Waals surface area contributed by atoms with Crippen molar-refractivity contribution in [3.63, 3.8) is 0 Å². The third-order valence-corrected chi connectivity index (χ3v) is 5.80. The van der Waals surface area contributed by atoms with Crippen LogP contribution < -0.4 is 10.6 Å². The van der Waals surface area contributed by atoms with Crippen LogP contribution in [0.5, 0.6) is 0 Å². The Labute approximate surface area is 182 Å². The van der Waals surface area contributed by atoms with Crippen LogP contribution in [0.3, 0.4) is 0 Å². The minimum atomic E-state index is -4.52. The lowest BCUT2D eigenvalue weighted by molar-refractivity contribution is -0.173. The molecule has 0 unspecified atom stereocenters. The van der Waals surface area contributed by atoms with Gasteiger partial charge in [-0.25, -0.2) is 4.68 Å². The van der Waals surface area contributed by atoms with Crippen LogP contribution in [0.4, 0.5) is 24.7 Å². The average Bonchev–Trinajstić information content (AvgIpc) is 3.14. The van der Waals surface area contributed by atoms with E-state index < -0.39 is 24.2 Å². The normalized spacial score (nSPS) is 18.3. The van der Waals surface area contributed by atoms with Crippen molar-refractivity contribution >= 4 is 29.0 Å². The minimum absolute atomic E-state index is 0.0885. The number of carbonyl (C=O) groups is 1. The molecule has 162 valence electrons. The molecule has 0 saturated carbocycles. The molecule has 0 aliphatic carbocycles. The summed E-state index contributed by atoms with van der Waals surface area (Å²) in [5, 5.41) is 10.3. The van der Waals surface area contributed by atoms with Gasteiger partial charge < -0.3 is 10.6 Å². The van der Waals surface area contributed by atoms with Crippen LogP contribution in [0.15, 0.2) is 48.5 Å². The van der Waals surface area contributed by atoms with E-state index in [2.05, 4.69) is 15.7 Å². The molecule has 0 spiro atoms. The van der Waals surface area contributed by atoms with E-state index in [1.165, 1.54) is 6.07 Å². The largest absolute Gasteiger partial charge is 0.410 e. The molecule has 31 heavy (non-hydrogen) atoms. The molecule has 0 fully saturated rings. The van der Waals surface area contributed by atoms with E-state index in [9.17, 15) is 18.0 Å². The lowest BCUT2D eigenvalue weighted by atomic mass is 9.97. The highest BCUT2D eigenvalue weighted by molar-refractivity contribution is 6.30. The third kappa shape index (κ3) is 4.25. The molecule has 5 nitrogen and oxygen atoms in total. The predicted molar refractivity (Wildman–Crippen MR) is 114 cm³/mol. The number of nitrogens with one attached hydrogen (secondary N) is 2. The number of amides is 1. The maximum Gasteiger partial charge on any atom is 0.410 e. The Morgan fingerprint density at radius 2 is 1.90 bits per heavy atom. The summed E-state index contributed by atoms with van der Waals surface area (Å²) < 4.78 is 42.3. The van der Waals surface area contributed by atoms with Gasteiger partial charge in [0.15, 0.2) is 11.7 Å². The van der Waals surface area contributed by atoms with Crippen LogP contribution in [0.25, 0.3) is 0 Å². The van der Waals surface area contributed by atoms with Crippen molar-refractivity contribution in [2.45, 2.75) is 38.5 Å². The highest BCUT2D eigenvalue weighted by Crippen LogP contribution is 2.43. The Balaban J connectivity index is 1.65. The van der Waals surface area contributed by atoms with Crippen LogP contribution in [0.1, 0.15) is 45.7 Å². The summed E-state index contributed by atoms with van der Waals surface area (Å²) in [4.78, 5) is 12.7. The number of aromatic nitrogens is 2. The molecular formula is C22H20ClF3N4O. The summed E-state index contributed by atoms with van der Waals surface area (Å²) in [6.45, 7) is 3.77. The second kappa shape index (κ2) is 7.92. The van der Waals surface area contributed by atoms with Crippen LogP contribution in [-0.2, 0) is 0 Å². The Morgan fingerprint density at radius 1 is 1.19 bits per heavy atom. The SMILES string of the molecule is Cc1cccc(NC(=O)c2cc3n(n2)[C@@H](C(F)(F)F)C[C@H](c2ccc(Cl)cc2)N3)c1C. The van der Waals surface area contributed by atoms with Crippen molar-refractivity contribution in [2.75, 3.05) is 10.6 Å². The molecule has 2 aromatic carbocycles. The highest BCUT2D eigenvalue weighted by Gasteiger charge is 2.46. The fourth-order valence-corrected chi connectivity index (χ4v) is 3.80. The van der Waals surface area contributed by atoms with Crippen molar-refractivity contribution < 1.29 is 18.0 Å². The summed E-state index contributed by atoms with van der Waals surface area (Å²) in [6, 6.07) is 11.0. The Hall–Kier alpha value is -3.00. The zero-order valence-corrected chi connectivity index (χ0v) is 17.6. The smallest absolute Gasteiger partial charge is 0.363 e. The monoisotopic (exact) mass is 448 g/mol. The van der Waals surface area contributed by atoms with Gasteiger partial charge in [-0.3, -0.25) is 4.79 Å². The van der Waals surface area contributed by atoms with Gasteiger partial charge in [0.1, 0.15) is 5.82 Å². The van der Waals surface area contributed by atoms with E-state index in [0.29, 0.717) is 16.3 Å². The minimum Gasteiger partial charge on any atom is -0.363 e. The third-order valence-electron chi connectivity index (χ3n) is 5.55. The first-order chi connectivity index (χ1) is 14.6. The number of alkyl halides is 3. The number of rotatable bonds is 3. The molecule has 3 aromatic rings. The molecule has 1 aliphatic rings. The topological polar surface area (TPSA) is 59.0 Å². The summed E-state index contributed by atoms with van der Waals surface area (Å²) in [7, 11) is 0. The standard InChI is InChI=1S/C22H20ClF3N4O/c1-12-4-3-5-16(13(12)2)28-21(31)18-11-20-27-17(14-6-8-15(23)9-7-14)10-19(22(24,25)26)30(20)29-18/h3-9,11,17,19,27H,10H2,1-2H3,(H,28,31)/t17-,19-/m1/s1. The van der Waals surface area contributed by atoms with Crippen molar-refractivity contribution in [3.8, 4) is 0 Å². The number of hydrogen-bond acceptors (Lipinski definition) is 3. The number of fused-ring (bicyclic) bond motifs is 1. The molecule has 2 atom stereocenters. The molecule has 9 heteroatoms. The van der Waals surface area contributed by atoms with Crippen molar-refractivity contribution in [3.05, 3.63) is 75.9 Å². The molecule has 0 bridgehead atoms. The van der Waals surface area contributed by atoms with Gasteiger partial charge in [0.2, 0.25) is 0 Å². The van der Waals surface area contributed by atoms with Gasteiger partial charge in [-0.1, -0.05) is 35.9 Å². The maximum atomic E-state index is 13.8. The summed E-state index contributed by atoms with van der Waals surface area (Å²) in [6.07, 6.45) is -4.77. The molecule has 2 N–H and O–H groups in total. The van der Waals surface area contributed by atoms with Gasteiger partial charge in [0, 0.05) is 23.2 Å². The number of carbonyl (C=O) groups excluding carboxylic acids is 1. The van der Waals surface area contributed by atoms with E-state index in [0.717, 1.165) is 15.8 Å². The maximum absolute atomic E-state index is 13.8. The summed E-state index contributed by atoms with van der Waals surface area (Å²) in [5.41, 5.74) is 3.05. The van der Waals surface area contributed by atoms with Gasteiger partial charge in [0.25, 0.3) is 5.91 Å². The molecule has 1 aliphatic heterocycles. The number of hydrogen-bond donors (Lipinski definition) is 2. The van der Waals surface area contributed by atoms with Crippen LogP contribution in [0, 0.1) is 13.8 Å². The van der Waals surface area contributed by atoms with Crippen LogP contribution in [-0.4, -0.2) is 21.9 Å². The van der Waals surface area contributed by atoms with E-state index in [4.69, 9.17) is 11.6 Å². The second-order valence-electron chi connectivity index (χ2n) is 7.60. The second-order valence-corrected chi connectivity index (χ2v) is 8.04. The first-order valence-electron chi connectivity index (χ1n) is 9.69. The summed E-state index contributed by atoms with van der Waals surface area (Å²) in [5.74, 6) is -0.430. The quantitative estimate of drug-likeness (QED) is 0.511. The van der Waals surface area contributed by atoms with Gasteiger partial charge in [-0.2, -0.15) is 18.3 Å². The molecule has 4 rings (SSSR count). The zero-order valence-electron chi connectivity index (χ0n) is 16.8. The van der Waals surface area contributed by atoms with Gasteiger partial charge >= 0.3 is 6.18 Å². The average molecular weight is 449 g/mol. The molecule has 1 amide bonds. The van der Waals surface area contributed by atoms with E-state index in [1.807, 2.05) is 19.9 Å². The van der Waals surface area contributed by atoms with Crippen molar-refractivity contribution in [2.24, 2.45) is 0 Å². The Morgan fingerprint density at radius 3 is 2.58 bits per heavy atom. The predicted octanol–water partition coefficient (Wildman–Crippen LogP) is 6.07. The first-order valence-corrected chi connectivity index (χ1v) is 10.1. The first kappa shape index (κ1) is 21.2. The number of aryl methyl sites for hydroxylation is 1. The lowest BCUT2D eigenvalue weighted by Crippen LogP contribution is -2.35. The molecule has 1 aromatic heterocycles. The summed E-state index contributed by atoms with van der Waals surface area (Å²) >= 11 is 5.90. The fraction of sp³-hybridized carbons (Fsp3) is 0.273. The van der Waals surface area contributed by atoms with Crippen molar-refractivity contribution in [1.82, 2.24) is 9.78 Å². The number of halogens is 4.